The van der Waals surface area contributed by atoms with Gasteiger partial charge in [-0.15, -0.1) is 0 Å². The molecule has 1 saturated heterocycles. The molecule has 4 heterocycles. The Hall–Kier alpha value is -8.03. The third kappa shape index (κ3) is 10.9. The molecule has 1 aliphatic heterocycles. The van der Waals surface area contributed by atoms with Gasteiger partial charge in [0.1, 0.15) is 54.3 Å². The highest BCUT2D eigenvalue weighted by Crippen LogP contribution is 2.47. The molecule has 0 saturated carbocycles. The lowest BCUT2D eigenvalue weighted by molar-refractivity contribution is -0.616. The molecule has 0 bridgehead atoms. The molecule has 1 aliphatic rings. The van der Waals surface area contributed by atoms with Gasteiger partial charge in [0.2, 0.25) is 5.69 Å². The summed E-state index contributed by atoms with van der Waals surface area (Å²) in [5, 5.41) is 15.4. The first-order valence-corrected chi connectivity index (χ1v) is 24.5. The molecule has 73 heavy (non-hydrogen) atoms. The molecule has 0 radical (unpaired) electrons. The van der Waals surface area contributed by atoms with Crippen LogP contribution in [0.3, 0.4) is 0 Å². The van der Waals surface area contributed by atoms with Crippen LogP contribution in [0.4, 0.5) is 5.82 Å². The number of carbonyl (C=O) groups excluding carboxylic acids is 2. The number of hydrogen-bond donors (Lipinski definition) is 2. The Morgan fingerprint density at radius 2 is 1.34 bits per heavy atom. The van der Waals surface area contributed by atoms with Gasteiger partial charge >= 0.3 is 13.6 Å². The van der Waals surface area contributed by atoms with E-state index in [1.165, 1.54) is 42.7 Å². The van der Waals surface area contributed by atoms with Gasteiger partial charge in [0.15, 0.2) is 35.5 Å². The monoisotopic (exact) mass is 1010 g/mol. The molecule has 8 aromatic rings. The number of benzene rings is 5. The molecule has 0 spiro atoms. The molecule has 1 unspecified atom stereocenters. The van der Waals surface area contributed by atoms with Crippen molar-refractivity contribution in [3.8, 4) is 17.2 Å². The van der Waals surface area contributed by atoms with Crippen LogP contribution in [0.25, 0.3) is 11.2 Å². The van der Waals surface area contributed by atoms with Gasteiger partial charge < -0.3 is 48.6 Å². The van der Waals surface area contributed by atoms with Crippen molar-refractivity contribution >= 4 is 36.5 Å². The Morgan fingerprint density at radius 3 is 1.96 bits per heavy atom. The maximum absolute atomic E-state index is 14.2. The maximum Gasteiger partial charge on any atom is 0.354 e. The normalized spacial score (nSPS) is 17.4. The predicted molar refractivity (Wildman–Crippen MR) is 264 cm³/mol. The SMILES string of the molecule is COc1ccc(C(OC[C@H]2O[C@@H](n3cnc4c(NC(=O)c5ccccc5)ncnc43)[C@H](OCP(=O)(O)OCc3cc(OC)cc[n+]3[O-])[C@@H]2OC(=O)c2ccccc2)(c2ccccc2)c2ccc(OC)cc2)cc1. The number of aromatic nitrogens is 5. The van der Waals surface area contributed by atoms with Gasteiger partial charge in [-0.25, -0.2) is 19.7 Å². The third-order valence-electron chi connectivity index (χ3n) is 12.1. The Labute approximate surface area is 418 Å². The van der Waals surface area contributed by atoms with E-state index in [0.29, 0.717) is 38.7 Å². The van der Waals surface area contributed by atoms with Crippen LogP contribution < -0.4 is 24.3 Å². The molecular formula is C53H49N6O13P. The summed E-state index contributed by atoms with van der Waals surface area (Å²) in [6, 6.07) is 43.9. The summed E-state index contributed by atoms with van der Waals surface area (Å²) >= 11 is 0. The summed E-state index contributed by atoms with van der Waals surface area (Å²) in [5.74, 6) is 0.396. The van der Waals surface area contributed by atoms with Crippen LogP contribution in [-0.4, -0.2) is 88.9 Å². The van der Waals surface area contributed by atoms with Crippen molar-refractivity contribution in [1.29, 1.82) is 0 Å². The zero-order valence-electron chi connectivity index (χ0n) is 39.6. The summed E-state index contributed by atoms with van der Waals surface area (Å²) < 4.78 is 64.6. The fourth-order valence-corrected chi connectivity index (χ4v) is 9.23. The molecule has 1 fully saturated rings. The fourth-order valence-electron chi connectivity index (χ4n) is 8.46. The van der Waals surface area contributed by atoms with E-state index in [9.17, 15) is 24.3 Å². The van der Waals surface area contributed by atoms with E-state index in [-0.39, 0.29) is 34.8 Å². The quantitative estimate of drug-likeness (QED) is 0.0246. The van der Waals surface area contributed by atoms with Gasteiger partial charge in [0.05, 0.1) is 45.9 Å². The van der Waals surface area contributed by atoms with Crippen molar-refractivity contribution in [2.24, 2.45) is 0 Å². The molecule has 20 heteroatoms. The number of amides is 1. The van der Waals surface area contributed by atoms with Crippen LogP contribution in [0.1, 0.15) is 49.3 Å². The number of anilines is 1. The van der Waals surface area contributed by atoms with Crippen molar-refractivity contribution in [3.05, 3.63) is 209 Å². The molecule has 5 atom stereocenters. The van der Waals surface area contributed by atoms with Gasteiger partial charge in [0, 0.05) is 11.6 Å². The van der Waals surface area contributed by atoms with E-state index in [4.69, 9.17) is 37.7 Å². The summed E-state index contributed by atoms with van der Waals surface area (Å²) in [6.07, 6.45) is -2.52. The maximum atomic E-state index is 14.2. The number of nitrogens with zero attached hydrogens (tertiary/aromatic N) is 5. The summed E-state index contributed by atoms with van der Waals surface area (Å²) in [4.78, 5) is 52.4. The lowest BCUT2D eigenvalue weighted by Gasteiger charge is -2.37. The Morgan fingerprint density at radius 1 is 0.753 bits per heavy atom. The van der Waals surface area contributed by atoms with Crippen LogP contribution in [0.5, 0.6) is 17.2 Å². The van der Waals surface area contributed by atoms with Crippen molar-refractivity contribution in [3.63, 3.8) is 0 Å². The van der Waals surface area contributed by atoms with Crippen molar-refractivity contribution in [2.45, 2.75) is 36.7 Å². The number of methoxy groups -OCH3 is 3. The summed E-state index contributed by atoms with van der Waals surface area (Å²) in [7, 11) is -0.175. The number of imidazole rings is 1. The number of rotatable bonds is 20. The first-order valence-electron chi connectivity index (χ1n) is 22.8. The smallest absolute Gasteiger partial charge is 0.354 e. The first kappa shape index (κ1) is 49.9. The second-order valence-corrected chi connectivity index (χ2v) is 18.3. The topological polar surface area (TPSA) is 228 Å². The second kappa shape index (κ2) is 22.2. The molecule has 2 N–H and O–H groups in total. The highest BCUT2D eigenvalue weighted by Gasteiger charge is 2.52. The van der Waals surface area contributed by atoms with Crippen LogP contribution in [0.2, 0.25) is 0 Å². The molecule has 374 valence electrons. The lowest BCUT2D eigenvalue weighted by atomic mass is 9.80. The van der Waals surface area contributed by atoms with Gasteiger partial charge in [-0.2, -0.15) is 4.73 Å². The van der Waals surface area contributed by atoms with E-state index < -0.39 is 62.6 Å². The second-order valence-electron chi connectivity index (χ2n) is 16.5. The largest absolute Gasteiger partial charge is 0.618 e. The van der Waals surface area contributed by atoms with Gasteiger partial charge in [0.25, 0.3) is 5.91 Å². The van der Waals surface area contributed by atoms with Gasteiger partial charge in [-0.1, -0.05) is 91.0 Å². The number of ether oxygens (including phenoxy) is 7. The predicted octanol–water partition coefficient (Wildman–Crippen LogP) is 7.61. The highest BCUT2D eigenvalue weighted by atomic mass is 31.2. The Balaban J connectivity index is 1.13. The summed E-state index contributed by atoms with van der Waals surface area (Å²) in [6.45, 7) is -0.896. The molecule has 19 nitrogen and oxygen atoms in total. The number of hydrogen-bond acceptors (Lipinski definition) is 15. The van der Waals surface area contributed by atoms with E-state index in [0.717, 1.165) is 5.56 Å². The van der Waals surface area contributed by atoms with Crippen LogP contribution >= 0.6 is 7.60 Å². The van der Waals surface area contributed by atoms with Crippen LogP contribution in [-0.2, 0) is 40.2 Å². The minimum absolute atomic E-state index is 0.0158. The number of fused-ring (bicyclic) bond motifs is 1. The zero-order valence-corrected chi connectivity index (χ0v) is 40.5. The average molecular weight is 1010 g/mol. The average Bonchev–Trinajstić information content (AvgIpc) is 4.02. The zero-order chi connectivity index (χ0) is 51.0. The number of nitrogens with one attached hydrogen (secondary N) is 1. The minimum Gasteiger partial charge on any atom is -0.618 e. The molecular weight excluding hydrogens is 960 g/mol. The number of esters is 1. The number of carbonyl (C=O) groups is 2. The van der Waals surface area contributed by atoms with Crippen molar-refractivity contribution in [2.75, 3.05) is 39.6 Å². The Bertz CT molecular complexity index is 3160. The lowest BCUT2D eigenvalue weighted by Crippen LogP contribution is -2.42. The molecule has 5 aromatic carbocycles. The minimum atomic E-state index is -4.73. The van der Waals surface area contributed by atoms with E-state index in [1.807, 2.05) is 78.9 Å². The van der Waals surface area contributed by atoms with Crippen molar-refractivity contribution < 1.29 is 61.5 Å². The van der Waals surface area contributed by atoms with Crippen molar-refractivity contribution in [1.82, 2.24) is 19.5 Å². The van der Waals surface area contributed by atoms with E-state index in [2.05, 4.69) is 20.3 Å². The van der Waals surface area contributed by atoms with Gasteiger partial charge in [-0.3, -0.25) is 18.5 Å². The highest BCUT2D eigenvalue weighted by molar-refractivity contribution is 7.52. The van der Waals surface area contributed by atoms with Gasteiger partial charge in [-0.05, 0) is 65.2 Å². The Kier molecular flexibility index (Phi) is 15.2. The molecule has 1 amide bonds. The molecule has 0 aliphatic carbocycles. The fraction of sp³-hybridized carbons (Fsp3) is 0.208. The molecule has 3 aromatic heterocycles. The van der Waals surface area contributed by atoms with Crippen LogP contribution in [0, 0.1) is 5.21 Å². The first-order chi connectivity index (χ1) is 35.5. The standard InChI is InChI=1S/C53H49N6O13P/c1-65-41-23-19-38(20-24-41)53(37-17-11-6-12-18-37,39-21-25-42(66-2)26-22-39)69-31-44-46(72-52(61)36-15-9-5-10-16-36)47(68-34-73(63,64)70-30-40-29-43(67-3)27-28-59(40)62)51(71-44)58-33-56-45-48(54-32-55-49(45)58)57-50(60)35-13-7-4-8-14-35/h4-29,32-33,44,46-47,51H,30-31,34H2,1-3H3,(H,63,64)(H,54,55,57,60)/t44-,46-,47-,51-/m1/s1. The number of pyridine rings is 1. The van der Waals surface area contributed by atoms with Crippen LogP contribution in [0.15, 0.2) is 171 Å². The summed E-state index contributed by atoms with van der Waals surface area (Å²) in [5.41, 5.74) is 1.60. The van der Waals surface area contributed by atoms with E-state index >= 15 is 0 Å². The van der Waals surface area contributed by atoms with E-state index in [1.54, 1.807) is 74.9 Å². The molecule has 9 rings (SSSR count). The third-order valence-corrected chi connectivity index (χ3v) is 13.1.